The van der Waals surface area contributed by atoms with Crippen LogP contribution in [0.5, 0.6) is 0 Å². The Morgan fingerprint density at radius 1 is 1.62 bits per heavy atom. The zero-order valence-electron chi connectivity index (χ0n) is 8.47. The van der Waals surface area contributed by atoms with Crippen molar-refractivity contribution in [3.05, 3.63) is 29.6 Å². The highest BCUT2D eigenvalue weighted by Gasteiger charge is 2.10. The van der Waals surface area contributed by atoms with E-state index in [1.165, 1.54) is 24.6 Å². The van der Waals surface area contributed by atoms with Crippen molar-refractivity contribution in [1.82, 2.24) is 4.98 Å². The predicted octanol–water partition coefficient (Wildman–Crippen LogP) is 1.92. The molecule has 0 saturated heterocycles. The van der Waals surface area contributed by atoms with Crippen LogP contribution in [0.1, 0.15) is 17.7 Å². The summed E-state index contributed by atoms with van der Waals surface area (Å²) in [6, 6.07) is 2.67. The first-order valence-electron chi connectivity index (χ1n) is 4.30. The van der Waals surface area contributed by atoms with Crippen molar-refractivity contribution in [2.45, 2.75) is 13.0 Å². The molecule has 0 saturated carbocycles. The second-order valence-corrected chi connectivity index (χ2v) is 4.31. The van der Waals surface area contributed by atoms with Gasteiger partial charge in [0, 0.05) is 18.0 Å². The average Bonchev–Trinajstić information content (AvgIpc) is 2.26. The molecule has 0 aliphatic heterocycles. The fourth-order valence-electron chi connectivity index (χ4n) is 1.01. The Hall–Kier alpha value is -1.39. The maximum atomic E-state index is 12.2. The molecule has 7 heteroatoms. The lowest BCUT2D eigenvalue weighted by molar-refractivity contribution is -0.433. The molecular weight excluding hydrogens is 236 g/mol. The second-order valence-electron chi connectivity index (χ2n) is 2.98. The van der Waals surface area contributed by atoms with E-state index >= 15 is 0 Å². The highest BCUT2D eigenvalue weighted by molar-refractivity contribution is 7.78. The largest absolute Gasteiger partial charge is 0.467 e. The number of pyridine rings is 1. The molecule has 0 radical (unpaired) electrons. The molecule has 0 aliphatic rings. The van der Waals surface area contributed by atoms with Crippen LogP contribution in [-0.2, 0) is 17.5 Å². The van der Waals surface area contributed by atoms with E-state index in [4.69, 9.17) is 5.26 Å². The van der Waals surface area contributed by atoms with Crippen LogP contribution in [0.25, 0.3) is 0 Å². The zero-order chi connectivity index (χ0) is 12.1. The van der Waals surface area contributed by atoms with Crippen molar-refractivity contribution in [3.63, 3.8) is 0 Å². The molecule has 0 spiro atoms. The van der Waals surface area contributed by atoms with Crippen LogP contribution in [0.3, 0.4) is 0 Å². The number of nitrogens with zero attached hydrogens (tertiary/aromatic N) is 3. The van der Waals surface area contributed by atoms with E-state index in [9.17, 15) is 13.3 Å². The van der Waals surface area contributed by atoms with E-state index in [1.807, 2.05) is 6.19 Å². The average molecular weight is 246 g/mol. The first kappa shape index (κ1) is 12.7. The van der Waals surface area contributed by atoms with Gasteiger partial charge in [-0.05, 0) is 6.07 Å². The van der Waals surface area contributed by atoms with E-state index < -0.39 is 17.4 Å². The monoisotopic (exact) mass is 246 g/mol. The Labute approximate surface area is 94.1 Å². The van der Waals surface area contributed by atoms with Crippen LogP contribution < -0.4 is 0 Å². The number of rotatable bonds is 3. The van der Waals surface area contributed by atoms with E-state index in [0.29, 0.717) is 5.56 Å². The van der Waals surface area contributed by atoms with E-state index in [0.717, 1.165) is 3.95 Å². The Bertz CT molecular complexity index is 435. The third kappa shape index (κ3) is 3.32. The third-order valence-electron chi connectivity index (χ3n) is 1.83. The smallest absolute Gasteiger partial charge is 0.306 e. The molecular formula is C9H10F2N3OS+. The summed E-state index contributed by atoms with van der Waals surface area (Å²) < 4.78 is 34.7. The summed E-state index contributed by atoms with van der Waals surface area (Å²) in [6.45, 7) is 0.156. The molecule has 0 fully saturated rings. The van der Waals surface area contributed by atoms with Gasteiger partial charge in [-0.3, -0.25) is 4.98 Å². The van der Waals surface area contributed by atoms with Gasteiger partial charge in [-0.15, -0.1) is 3.95 Å². The molecule has 16 heavy (non-hydrogen) atoms. The van der Waals surface area contributed by atoms with Crippen LogP contribution in [0.15, 0.2) is 18.3 Å². The van der Waals surface area contributed by atoms with E-state index in [-0.39, 0.29) is 12.2 Å². The number of aromatic nitrogens is 1. The maximum Gasteiger partial charge on any atom is 0.467 e. The van der Waals surface area contributed by atoms with Gasteiger partial charge in [-0.1, -0.05) is 6.07 Å². The Morgan fingerprint density at radius 2 is 2.31 bits per heavy atom. The topological polar surface area (TPSA) is 59.9 Å². The molecule has 1 heterocycles. The summed E-state index contributed by atoms with van der Waals surface area (Å²) in [4.78, 5) is 3.56. The molecule has 0 aromatic carbocycles. The van der Waals surface area contributed by atoms with E-state index in [2.05, 4.69) is 4.98 Å². The van der Waals surface area contributed by atoms with Gasteiger partial charge in [0.25, 0.3) is 6.43 Å². The number of hydrogen-bond donors (Lipinski definition) is 1. The van der Waals surface area contributed by atoms with Crippen molar-refractivity contribution in [3.8, 4) is 6.19 Å². The first-order valence-corrected chi connectivity index (χ1v) is 5.84. The van der Waals surface area contributed by atoms with Crippen molar-refractivity contribution in [2.75, 3.05) is 6.26 Å². The standard InChI is InChI=1S/C9H9F2N3OS/c1-16(15)14(6-12)5-7-2-3-8(9(10)11)13-4-7/h2-4,9H,5H2,1H3/p+1. The first-order chi connectivity index (χ1) is 7.54. The highest BCUT2D eigenvalue weighted by Crippen LogP contribution is 2.15. The summed E-state index contributed by atoms with van der Waals surface area (Å²) in [5.41, 5.74) is 0.297. The van der Waals surface area contributed by atoms with Gasteiger partial charge in [0.2, 0.25) is 0 Å². The van der Waals surface area contributed by atoms with Crippen LogP contribution in [0.4, 0.5) is 8.78 Å². The Morgan fingerprint density at radius 3 is 2.69 bits per heavy atom. The minimum atomic E-state index is -2.60. The SMILES string of the molecule is CS(O)=[N+](C#N)Cc1ccc(C(F)F)nc1. The summed E-state index contributed by atoms with van der Waals surface area (Å²) in [7, 11) is -1.17. The van der Waals surface area contributed by atoms with Gasteiger partial charge in [-0.25, -0.2) is 8.78 Å². The van der Waals surface area contributed by atoms with Gasteiger partial charge in [-0.2, -0.15) is 0 Å². The minimum Gasteiger partial charge on any atom is -0.306 e. The van der Waals surface area contributed by atoms with Gasteiger partial charge >= 0.3 is 6.19 Å². The summed E-state index contributed by atoms with van der Waals surface area (Å²) in [6.07, 6.45) is 1.96. The summed E-state index contributed by atoms with van der Waals surface area (Å²) >= 11 is 0. The molecule has 1 aromatic heterocycles. The molecule has 1 atom stereocenters. The predicted molar refractivity (Wildman–Crippen MR) is 54.7 cm³/mol. The maximum absolute atomic E-state index is 12.2. The molecule has 0 aliphatic carbocycles. The van der Waals surface area contributed by atoms with Gasteiger partial charge in [0.1, 0.15) is 23.2 Å². The van der Waals surface area contributed by atoms with Crippen LogP contribution in [0.2, 0.25) is 0 Å². The van der Waals surface area contributed by atoms with E-state index in [1.54, 1.807) is 0 Å². The Balaban J connectivity index is 2.85. The molecule has 0 bridgehead atoms. The second kappa shape index (κ2) is 5.63. The third-order valence-corrected chi connectivity index (χ3v) is 2.68. The lowest BCUT2D eigenvalue weighted by atomic mass is 10.2. The molecule has 1 N–H and O–H groups in total. The molecule has 86 valence electrons. The quantitative estimate of drug-likeness (QED) is 0.503. The number of alkyl halides is 2. The molecule has 1 rings (SSSR count). The van der Waals surface area contributed by atoms with Gasteiger partial charge in [0.15, 0.2) is 5.26 Å². The van der Waals surface area contributed by atoms with Crippen LogP contribution in [0, 0.1) is 11.5 Å². The Kier molecular flexibility index (Phi) is 4.46. The summed E-state index contributed by atoms with van der Waals surface area (Å²) in [5, 5.41) is 8.68. The van der Waals surface area contributed by atoms with Gasteiger partial charge < -0.3 is 4.55 Å². The highest BCUT2D eigenvalue weighted by atomic mass is 32.2. The number of halogens is 2. The fraction of sp³-hybridized carbons (Fsp3) is 0.333. The van der Waals surface area contributed by atoms with Gasteiger partial charge in [0.05, 0.1) is 0 Å². The van der Waals surface area contributed by atoms with Crippen LogP contribution >= 0.6 is 0 Å². The zero-order valence-corrected chi connectivity index (χ0v) is 9.29. The normalized spacial score (nSPS) is 13.4. The minimum absolute atomic E-state index is 0.156. The number of nitriles is 1. The van der Waals surface area contributed by atoms with Crippen molar-refractivity contribution >= 4 is 11.0 Å². The molecule has 1 unspecified atom stereocenters. The van der Waals surface area contributed by atoms with Crippen molar-refractivity contribution in [1.29, 1.82) is 5.26 Å². The molecule has 1 aromatic rings. The number of hydrogen-bond acceptors (Lipinski definition) is 2. The lowest BCUT2D eigenvalue weighted by Gasteiger charge is -2.01. The van der Waals surface area contributed by atoms with Crippen LogP contribution in [-0.4, -0.2) is 19.7 Å². The fourth-order valence-corrected chi connectivity index (χ4v) is 1.47. The lowest BCUT2D eigenvalue weighted by Crippen LogP contribution is -2.09. The molecule has 0 amide bonds. The van der Waals surface area contributed by atoms with Crippen molar-refractivity contribution < 1.29 is 17.3 Å². The molecule has 4 nitrogen and oxygen atoms in total. The van der Waals surface area contributed by atoms with Crippen molar-refractivity contribution in [2.24, 2.45) is 0 Å². The summed E-state index contributed by atoms with van der Waals surface area (Å²) in [5.74, 6) is 0.